The van der Waals surface area contributed by atoms with Crippen molar-refractivity contribution in [1.29, 1.82) is 0 Å². The standard InChI is InChI=1S/C21H38N4O2/c1-20(2,3)27-19(26)25-16-8-9-17(25)13-15(12-16)24-18(22-5)23-14-21(4)10-6-7-11-21/h15-17H,6-14H2,1-5H3,(H2,22,23,24). The van der Waals surface area contributed by atoms with Gasteiger partial charge in [0.2, 0.25) is 0 Å². The van der Waals surface area contributed by atoms with Gasteiger partial charge in [-0.25, -0.2) is 4.79 Å². The molecular weight excluding hydrogens is 340 g/mol. The summed E-state index contributed by atoms with van der Waals surface area (Å²) in [4.78, 5) is 19.0. The van der Waals surface area contributed by atoms with Crippen LogP contribution < -0.4 is 10.6 Å². The highest BCUT2D eigenvalue weighted by molar-refractivity contribution is 5.80. The highest BCUT2D eigenvalue weighted by atomic mass is 16.6. The first-order chi connectivity index (χ1) is 12.7. The molecule has 2 heterocycles. The van der Waals surface area contributed by atoms with Crippen molar-refractivity contribution in [3.63, 3.8) is 0 Å². The number of nitrogens with one attached hydrogen (secondary N) is 2. The number of hydrogen-bond donors (Lipinski definition) is 2. The largest absolute Gasteiger partial charge is 0.444 e. The van der Waals surface area contributed by atoms with Crippen LogP contribution in [-0.2, 0) is 4.74 Å². The van der Waals surface area contributed by atoms with Gasteiger partial charge in [0, 0.05) is 31.7 Å². The SMILES string of the molecule is CN=C(NCC1(C)CCCC1)NC1CC2CCC(C1)N2C(=O)OC(C)(C)C. The van der Waals surface area contributed by atoms with Gasteiger partial charge >= 0.3 is 6.09 Å². The van der Waals surface area contributed by atoms with Crippen LogP contribution in [0.15, 0.2) is 4.99 Å². The van der Waals surface area contributed by atoms with Gasteiger partial charge in [-0.15, -0.1) is 0 Å². The Labute approximate surface area is 164 Å². The molecule has 3 fully saturated rings. The van der Waals surface area contributed by atoms with Crippen LogP contribution in [0.2, 0.25) is 0 Å². The summed E-state index contributed by atoms with van der Waals surface area (Å²) in [5.41, 5.74) is -0.0370. The Morgan fingerprint density at radius 2 is 1.78 bits per heavy atom. The summed E-state index contributed by atoms with van der Waals surface area (Å²) in [5, 5.41) is 7.16. The fraction of sp³-hybridized carbons (Fsp3) is 0.905. The van der Waals surface area contributed by atoms with Gasteiger partial charge in [0.25, 0.3) is 0 Å². The monoisotopic (exact) mass is 378 g/mol. The van der Waals surface area contributed by atoms with Gasteiger partial charge in [0.05, 0.1) is 0 Å². The third-order valence-corrected chi connectivity index (χ3v) is 6.40. The number of ether oxygens (including phenoxy) is 1. The van der Waals surface area contributed by atoms with E-state index in [0.29, 0.717) is 11.5 Å². The second kappa shape index (κ2) is 7.88. The molecule has 0 aromatic rings. The second-order valence-corrected chi connectivity index (χ2v) is 10.0. The van der Waals surface area contributed by atoms with Gasteiger partial charge in [-0.2, -0.15) is 0 Å². The molecule has 1 saturated carbocycles. The van der Waals surface area contributed by atoms with Gasteiger partial charge in [-0.05, 0) is 64.7 Å². The Bertz CT molecular complexity index is 549. The fourth-order valence-electron chi connectivity index (χ4n) is 5.00. The summed E-state index contributed by atoms with van der Waals surface area (Å²) in [6.07, 6.45) is 9.23. The molecule has 2 unspecified atom stereocenters. The van der Waals surface area contributed by atoms with Crippen LogP contribution >= 0.6 is 0 Å². The van der Waals surface area contributed by atoms with Crippen LogP contribution in [0.3, 0.4) is 0 Å². The molecule has 2 aliphatic heterocycles. The lowest BCUT2D eigenvalue weighted by molar-refractivity contribution is 0.00544. The van der Waals surface area contributed by atoms with Crippen LogP contribution in [0, 0.1) is 5.41 Å². The molecule has 154 valence electrons. The molecule has 3 aliphatic rings. The second-order valence-electron chi connectivity index (χ2n) is 10.0. The van der Waals surface area contributed by atoms with E-state index in [4.69, 9.17) is 4.74 Å². The molecule has 27 heavy (non-hydrogen) atoms. The summed E-state index contributed by atoms with van der Waals surface area (Å²) in [7, 11) is 1.84. The van der Waals surface area contributed by atoms with Crippen molar-refractivity contribution in [1.82, 2.24) is 15.5 Å². The minimum absolute atomic E-state index is 0.148. The van der Waals surface area contributed by atoms with E-state index in [-0.39, 0.29) is 18.2 Å². The Balaban J connectivity index is 1.52. The number of carbonyl (C=O) groups excluding carboxylic acids is 1. The van der Waals surface area contributed by atoms with Crippen molar-refractivity contribution in [2.75, 3.05) is 13.6 Å². The maximum atomic E-state index is 12.6. The van der Waals surface area contributed by atoms with Crippen LogP contribution in [0.5, 0.6) is 0 Å². The number of rotatable bonds is 3. The zero-order valence-electron chi connectivity index (χ0n) is 17.8. The molecule has 2 N–H and O–H groups in total. The Morgan fingerprint density at radius 1 is 1.19 bits per heavy atom. The molecule has 2 saturated heterocycles. The van der Waals surface area contributed by atoms with E-state index >= 15 is 0 Å². The Hall–Kier alpha value is -1.46. The first-order valence-electron chi connectivity index (χ1n) is 10.7. The quantitative estimate of drug-likeness (QED) is 0.581. The minimum atomic E-state index is -0.437. The van der Waals surface area contributed by atoms with Gasteiger partial charge in [-0.3, -0.25) is 4.99 Å². The molecule has 2 bridgehead atoms. The summed E-state index contributed by atoms with van der Waals surface area (Å²) in [6.45, 7) is 9.15. The Kier molecular flexibility index (Phi) is 5.92. The number of guanidine groups is 1. The first-order valence-corrected chi connectivity index (χ1v) is 10.7. The van der Waals surface area contributed by atoms with Gasteiger partial charge in [-0.1, -0.05) is 19.8 Å². The predicted octanol–water partition coefficient (Wildman–Crippen LogP) is 3.66. The molecule has 6 heteroatoms. The van der Waals surface area contributed by atoms with Gasteiger partial charge < -0.3 is 20.3 Å². The summed E-state index contributed by atoms with van der Waals surface area (Å²) in [6, 6.07) is 0.923. The lowest BCUT2D eigenvalue weighted by Crippen LogP contribution is -2.55. The van der Waals surface area contributed by atoms with Gasteiger partial charge in [0.1, 0.15) is 5.60 Å². The maximum Gasteiger partial charge on any atom is 0.410 e. The number of amides is 1. The van der Waals surface area contributed by atoms with Gasteiger partial charge in [0.15, 0.2) is 5.96 Å². The molecule has 1 aliphatic carbocycles. The minimum Gasteiger partial charge on any atom is -0.444 e. The average molecular weight is 379 g/mol. The summed E-state index contributed by atoms with van der Waals surface area (Å²) < 4.78 is 5.63. The molecule has 0 aromatic heterocycles. The van der Waals surface area contributed by atoms with Crippen LogP contribution in [-0.4, -0.2) is 54.3 Å². The smallest absolute Gasteiger partial charge is 0.410 e. The number of aliphatic imine (C=N–C) groups is 1. The van der Waals surface area contributed by atoms with E-state index < -0.39 is 5.60 Å². The molecule has 0 radical (unpaired) electrons. The van der Waals surface area contributed by atoms with E-state index in [9.17, 15) is 4.79 Å². The van der Waals surface area contributed by atoms with Crippen LogP contribution in [0.4, 0.5) is 4.79 Å². The van der Waals surface area contributed by atoms with Crippen molar-refractivity contribution in [2.45, 2.75) is 103 Å². The summed E-state index contributed by atoms with van der Waals surface area (Å²) in [5.74, 6) is 0.901. The lowest BCUT2D eigenvalue weighted by atomic mass is 9.89. The third-order valence-electron chi connectivity index (χ3n) is 6.40. The van der Waals surface area contributed by atoms with Crippen LogP contribution in [0.25, 0.3) is 0 Å². The fourth-order valence-corrected chi connectivity index (χ4v) is 5.00. The van der Waals surface area contributed by atoms with Crippen LogP contribution in [0.1, 0.15) is 79.1 Å². The molecule has 3 rings (SSSR count). The normalized spacial score (nSPS) is 30.3. The van der Waals surface area contributed by atoms with Crippen molar-refractivity contribution in [3.8, 4) is 0 Å². The number of hydrogen-bond acceptors (Lipinski definition) is 3. The lowest BCUT2D eigenvalue weighted by Gasteiger charge is -2.40. The predicted molar refractivity (Wildman–Crippen MR) is 109 cm³/mol. The maximum absolute atomic E-state index is 12.6. The van der Waals surface area contributed by atoms with E-state index in [1.54, 1.807) is 0 Å². The molecule has 6 nitrogen and oxygen atoms in total. The van der Waals surface area contributed by atoms with E-state index in [2.05, 4.69) is 22.5 Å². The van der Waals surface area contributed by atoms with Crippen molar-refractivity contribution in [3.05, 3.63) is 0 Å². The molecule has 1 amide bonds. The third kappa shape index (κ3) is 5.08. The highest BCUT2D eigenvalue weighted by Crippen LogP contribution is 2.38. The number of carbonyl (C=O) groups is 1. The number of piperidine rings is 1. The van der Waals surface area contributed by atoms with Crippen molar-refractivity contribution >= 4 is 12.1 Å². The number of fused-ring (bicyclic) bond motifs is 2. The van der Waals surface area contributed by atoms with E-state index in [1.807, 2.05) is 32.7 Å². The number of nitrogens with zero attached hydrogens (tertiary/aromatic N) is 2. The topological polar surface area (TPSA) is 66.0 Å². The zero-order valence-corrected chi connectivity index (χ0v) is 17.8. The van der Waals surface area contributed by atoms with E-state index in [1.165, 1.54) is 25.7 Å². The first kappa shape index (κ1) is 20.3. The average Bonchev–Trinajstić information content (AvgIpc) is 3.12. The highest BCUT2D eigenvalue weighted by Gasteiger charge is 2.45. The molecule has 0 spiro atoms. The molecular formula is C21H38N4O2. The zero-order chi connectivity index (χ0) is 19.7. The van der Waals surface area contributed by atoms with Crippen molar-refractivity contribution in [2.24, 2.45) is 10.4 Å². The van der Waals surface area contributed by atoms with Crippen molar-refractivity contribution < 1.29 is 9.53 Å². The molecule has 2 atom stereocenters. The molecule has 0 aromatic carbocycles. The Morgan fingerprint density at radius 3 is 2.30 bits per heavy atom. The van der Waals surface area contributed by atoms with E-state index in [0.717, 1.165) is 38.2 Å². The summed E-state index contributed by atoms with van der Waals surface area (Å²) >= 11 is 0.